The molecular formula is C15H20N4O2. The fraction of sp³-hybridized carbons (Fsp3) is 0.400. The third-order valence-electron chi connectivity index (χ3n) is 3.16. The van der Waals surface area contributed by atoms with Gasteiger partial charge in [0.25, 0.3) is 5.69 Å². The molecule has 1 aromatic heterocycles. The molecule has 0 aliphatic carbocycles. The van der Waals surface area contributed by atoms with Crippen molar-refractivity contribution in [3.63, 3.8) is 0 Å². The Labute approximate surface area is 123 Å². The molecule has 0 spiro atoms. The summed E-state index contributed by atoms with van der Waals surface area (Å²) in [6, 6.07) is 6.89. The summed E-state index contributed by atoms with van der Waals surface area (Å²) in [6.45, 7) is 6.95. The van der Waals surface area contributed by atoms with E-state index >= 15 is 0 Å². The summed E-state index contributed by atoms with van der Waals surface area (Å²) in [4.78, 5) is 10.7. The molecular weight excluding hydrogens is 268 g/mol. The van der Waals surface area contributed by atoms with E-state index in [9.17, 15) is 10.1 Å². The van der Waals surface area contributed by atoms with Gasteiger partial charge in [0.1, 0.15) is 0 Å². The molecule has 0 fully saturated rings. The largest absolute Gasteiger partial charge is 0.385 e. The number of nitro benzene ring substituents is 1. The Morgan fingerprint density at radius 1 is 1.38 bits per heavy atom. The SMILES string of the molecule is CCCNc1cc(-n2ccc(C(C)C)n2)cc([N+](=O)[O-])c1. The third-order valence-corrected chi connectivity index (χ3v) is 3.16. The van der Waals surface area contributed by atoms with Gasteiger partial charge in [-0.25, -0.2) is 4.68 Å². The number of anilines is 1. The maximum Gasteiger partial charge on any atom is 0.273 e. The van der Waals surface area contributed by atoms with Crippen LogP contribution in [0.5, 0.6) is 0 Å². The van der Waals surface area contributed by atoms with Crippen molar-refractivity contribution < 1.29 is 4.92 Å². The number of benzene rings is 1. The zero-order valence-corrected chi connectivity index (χ0v) is 12.5. The van der Waals surface area contributed by atoms with Crippen molar-refractivity contribution in [2.24, 2.45) is 0 Å². The molecule has 0 saturated carbocycles. The molecule has 0 amide bonds. The average Bonchev–Trinajstić information content (AvgIpc) is 2.94. The van der Waals surface area contributed by atoms with Crippen molar-refractivity contribution in [3.05, 3.63) is 46.3 Å². The molecule has 112 valence electrons. The molecule has 0 aliphatic heterocycles. The summed E-state index contributed by atoms with van der Waals surface area (Å²) in [7, 11) is 0. The molecule has 0 aliphatic rings. The number of non-ortho nitro benzene ring substituents is 1. The lowest BCUT2D eigenvalue weighted by atomic mass is 10.1. The third kappa shape index (κ3) is 3.59. The van der Waals surface area contributed by atoms with Crippen LogP contribution in [0.4, 0.5) is 11.4 Å². The average molecular weight is 288 g/mol. The molecule has 2 rings (SSSR count). The second-order valence-corrected chi connectivity index (χ2v) is 5.26. The van der Waals surface area contributed by atoms with Gasteiger partial charge in [-0.1, -0.05) is 20.8 Å². The Morgan fingerprint density at radius 2 is 2.14 bits per heavy atom. The first kappa shape index (κ1) is 15.0. The van der Waals surface area contributed by atoms with Crippen molar-refractivity contribution in [2.45, 2.75) is 33.1 Å². The monoisotopic (exact) mass is 288 g/mol. The predicted octanol–water partition coefficient (Wildman–Crippen LogP) is 3.73. The molecule has 0 bridgehead atoms. The van der Waals surface area contributed by atoms with Crippen LogP contribution in [0, 0.1) is 10.1 Å². The highest BCUT2D eigenvalue weighted by molar-refractivity contribution is 5.58. The fourth-order valence-electron chi connectivity index (χ4n) is 1.99. The van der Waals surface area contributed by atoms with E-state index in [1.165, 1.54) is 6.07 Å². The molecule has 0 atom stereocenters. The van der Waals surface area contributed by atoms with E-state index in [0.717, 1.165) is 24.3 Å². The zero-order chi connectivity index (χ0) is 15.4. The summed E-state index contributed by atoms with van der Waals surface area (Å²) >= 11 is 0. The van der Waals surface area contributed by atoms with Gasteiger partial charge < -0.3 is 5.32 Å². The standard InChI is InChI=1S/C15H20N4O2/c1-4-6-16-12-8-13(10-14(9-12)19(20)21)18-7-5-15(17-18)11(2)3/h5,7-11,16H,4,6H2,1-3H3. The molecule has 21 heavy (non-hydrogen) atoms. The van der Waals surface area contributed by atoms with E-state index in [1.807, 2.05) is 25.3 Å². The summed E-state index contributed by atoms with van der Waals surface area (Å²) in [5.41, 5.74) is 2.45. The normalized spacial score (nSPS) is 10.9. The Balaban J connectivity index is 2.40. The van der Waals surface area contributed by atoms with Crippen LogP contribution in [-0.4, -0.2) is 21.2 Å². The lowest BCUT2D eigenvalue weighted by molar-refractivity contribution is -0.384. The molecule has 6 nitrogen and oxygen atoms in total. The first-order chi connectivity index (χ1) is 10.0. The van der Waals surface area contributed by atoms with E-state index in [0.29, 0.717) is 11.6 Å². The van der Waals surface area contributed by atoms with Crippen LogP contribution in [0.15, 0.2) is 30.5 Å². The van der Waals surface area contributed by atoms with Crippen LogP contribution in [-0.2, 0) is 0 Å². The number of aromatic nitrogens is 2. The number of hydrogen-bond acceptors (Lipinski definition) is 4. The molecule has 1 N–H and O–H groups in total. The van der Waals surface area contributed by atoms with Crippen molar-refractivity contribution in [1.82, 2.24) is 9.78 Å². The van der Waals surface area contributed by atoms with Crippen LogP contribution < -0.4 is 5.32 Å². The highest BCUT2D eigenvalue weighted by atomic mass is 16.6. The first-order valence-electron chi connectivity index (χ1n) is 7.10. The second-order valence-electron chi connectivity index (χ2n) is 5.26. The van der Waals surface area contributed by atoms with Crippen molar-refractivity contribution in [2.75, 3.05) is 11.9 Å². The van der Waals surface area contributed by atoms with Gasteiger partial charge in [0.2, 0.25) is 0 Å². The van der Waals surface area contributed by atoms with Crippen molar-refractivity contribution >= 4 is 11.4 Å². The number of rotatable bonds is 6. The Hall–Kier alpha value is -2.37. The highest BCUT2D eigenvalue weighted by Crippen LogP contribution is 2.24. The minimum atomic E-state index is -0.381. The van der Waals surface area contributed by atoms with Gasteiger partial charge in [0, 0.05) is 30.6 Å². The van der Waals surface area contributed by atoms with Crippen molar-refractivity contribution in [3.8, 4) is 5.69 Å². The summed E-state index contributed by atoms with van der Waals surface area (Å²) in [5, 5.41) is 18.7. The van der Waals surface area contributed by atoms with Crippen LogP contribution in [0.25, 0.3) is 5.69 Å². The van der Waals surface area contributed by atoms with Crippen LogP contribution >= 0.6 is 0 Å². The van der Waals surface area contributed by atoms with Gasteiger partial charge in [-0.3, -0.25) is 10.1 Å². The molecule has 0 saturated heterocycles. The van der Waals surface area contributed by atoms with Gasteiger partial charge in [0.15, 0.2) is 0 Å². The van der Waals surface area contributed by atoms with Gasteiger partial charge in [-0.15, -0.1) is 0 Å². The smallest absolute Gasteiger partial charge is 0.273 e. The predicted molar refractivity (Wildman–Crippen MR) is 83.1 cm³/mol. The Bertz CT molecular complexity index is 634. The molecule has 0 radical (unpaired) electrons. The van der Waals surface area contributed by atoms with Gasteiger partial charge in [0.05, 0.1) is 16.3 Å². The van der Waals surface area contributed by atoms with Gasteiger partial charge in [-0.05, 0) is 24.5 Å². The molecule has 1 aromatic carbocycles. The number of hydrogen-bond donors (Lipinski definition) is 1. The lowest BCUT2D eigenvalue weighted by Gasteiger charge is -2.08. The van der Waals surface area contributed by atoms with Crippen LogP contribution in [0.2, 0.25) is 0 Å². The summed E-state index contributed by atoms with van der Waals surface area (Å²) < 4.78 is 1.68. The molecule has 0 unspecified atom stereocenters. The summed E-state index contributed by atoms with van der Waals surface area (Å²) in [5.74, 6) is 0.322. The topological polar surface area (TPSA) is 73.0 Å². The number of nitrogens with zero attached hydrogens (tertiary/aromatic N) is 3. The van der Waals surface area contributed by atoms with Gasteiger partial charge >= 0.3 is 0 Å². The van der Waals surface area contributed by atoms with E-state index < -0.39 is 0 Å². The quantitative estimate of drug-likeness (QED) is 0.649. The number of nitro groups is 1. The van der Waals surface area contributed by atoms with Gasteiger partial charge in [-0.2, -0.15) is 5.10 Å². The minimum Gasteiger partial charge on any atom is -0.385 e. The number of nitrogens with one attached hydrogen (secondary N) is 1. The summed E-state index contributed by atoms with van der Waals surface area (Å²) in [6.07, 6.45) is 2.79. The molecule has 1 heterocycles. The first-order valence-corrected chi connectivity index (χ1v) is 7.10. The van der Waals surface area contributed by atoms with Crippen LogP contribution in [0.1, 0.15) is 38.8 Å². The minimum absolute atomic E-state index is 0.0627. The van der Waals surface area contributed by atoms with E-state index in [2.05, 4.69) is 24.3 Å². The van der Waals surface area contributed by atoms with E-state index in [-0.39, 0.29) is 10.6 Å². The molecule has 2 aromatic rings. The van der Waals surface area contributed by atoms with E-state index in [4.69, 9.17) is 0 Å². The van der Waals surface area contributed by atoms with Crippen LogP contribution in [0.3, 0.4) is 0 Å². The second kappa shape index (κ2) is 6.39. The Morgan fingerprint density at radius 3 is 2.71 bits per heavy atom. The lowest BCUT2D eigenvalue weighted by Crippen LogP contribution is -2.03. The maximum absolute atomic E-state index is 11.1. The van der Waals surface area contributed by atoms with E-state index in [1.54, 1.807) is 10.7 Å². The Kier molecular flexibility index (Phi) is 4.57. The zero-order valence-electron chi connectivity index (χ0n) is 12.5. The molecule has 6 heteroatoms. The fourth-order valence-corrected chi connectivity index (χ4v) is 1.99. The highest BCUT2D eigenvalue weighted by Gasteiger charge is 2.12. The maximum atomic E-state index is 11.1. The van der Waals surface area contributed by atoms with Crippen molar-refractivity contribution in [1.29, 1.82) is 0 Å².